The molecule has 2 atom stereocenters. The predicted molar refractivity (Wildman–Crippen MR) is 88.8 cm³/mol. The summed E-state index contributed by atoms with van der Waals surface area (Å²) >= 11 is 1.69. The lowest BCUT2D eigenvalue weighted by molar-refractivity contribution is -0.145. The number of aromatic nitrogens is 1. The van der Waals surface area contributed by atoms with Crippen LogP contribution in [0.4, 0.5) is 0 Å². The van der Waals surface area contributed by atoms with Gasteiger partial charge in [0.2, 0.25) is 0 Å². The van der Waals surface area contributed by atoms with Crippen molar-refractivity contribution in [3.05, 3.63) is 51.5 Å². The maximum absolute atomic E-state index is 11.9. The first-order valence-corrected chi connectivity index (χ1v) is 8.13. The van der Waals surface area contributed by atoms with Crippen molar-refractivity contribution >= 4 is 17.3 Å². The number of hydrogen-bond donors (Lipinski definition) is 1. The fourth-order valence-corrected chi connectivity index (χ4v) is 3.39. The topological polar surface area (TPSA) is 51.2 Å². The number of nitrogens with one attached hydrogen (secondary N) is 1. The summed E-state index contributed by atoms with van der Waals surface area (Å²) in [5.74, 6) is -0.472. The fourth-order valence-electron chi connectivity index (χ4n) is 2.51. The van der Waals surface area contributed by atoms with Gasteiger partial charge in [-0.05, 0) is 19.4 Å². The summed E-state index contributed by atoms with van der Waals surface area (Å²) in [5, 5.41) is 4.55. The Morgan fingerprint density at radius 1 is 1.32 bits per heavy atom. The zero-order valence-corrected chi connectivity index (χ0v) is 14.2. The molecule has 2 rings (SSSR count). The van der Waals surface area contributed by atoms with Gasteiger partial charge in [-0.15, -0.1) is 11.3 Å². The third-order valence-electron chi connectivity index (χ3n) is 3.71. The standard InChI is InChI=1S/C17H22N2O2S/c1-11(17(20)21-4)16(14-8-6-5-7-9-14)18-10-15-12(2)19-13(3)22-15/h5-9,11,16,18H,10H2,1-4H3/t11-,16-/m1/s1. The first-order valence-electron chi connectivity index (χ1n) is 7.32. The third kappa shape index (κ3) is 3.93. The molecule has 1 aromatic heterocycles. The van der Waals surface area contributed by atoms with Crippen LogP contribution in [0.25, 0.3) is 0 Å². The molecule has 22 heavy (non-hydrogen) atoms. The molecule has 0 unspecified atom stereocenters. The van der Waals surface area contributed by atoms with E-state index >= 15 is 0 Å². The molecule has 118 valence electrons. The van der Waals surface area contributed by atoms with Gasteiger partial charge in [0.1, 0.15) is 0 Å². The number of carbonyl (C=O) groups excluding carboxylic acids is 1. The summed E-state index contributed by atoms with van der Waals surface area (Å²) in [6.45, 7) is 6.61. The summed E-state index contributed by atoms with van der Waals surface area (Å²) < 4.78 is 4.91. The smallest absolute Gasteiger partial charge is 0.310 e. The zero-order valence-electron chi connectivity index (χ0n) is 13.4. The first kappa shape index (κ1) is 16.6. The molecule has 2 aromatic rings. The monoisotopic (exact) mass is 318 g/mol. The minimum atomic E-state index is -0.262. The van der Waals surface area contributed by atoms with Crippen molar-refractivity contribution in [3.8, 4) is 0 Å². The Labute approximate surface area is 135 Å². The van der Waals surface area contributed by atoms with Crippen molar-refractivity contribution in [1.29, 1.82) is 0 Å². The van der Waals surface area contributed by atoms with E-state index in [-0.39, 0.29) is 17.9 Å². The van der Waals surface area contributed by atoms with E-state index in [1.807, 2.05) is 51.1 Å². The van der Waals surface area contributed by atoms with Crippen molar-refractivity contribution in [2.75, 3.05) is 7.11 Å². The van der Waals surface area contributed by atoms with Gasteiger partial charge < -0.3 is 10.1 Å². The van der Waals surface area contributed by atoms with E-state index in [9.17, 15) is 4.79 Å². The van der Waals surface area contributed by atoms with Crippen molar-refractivity contribution in [2.24, 2.45) is 5.92 Å². The van der Waals surface area contributed by atoms with Crippen LogP contribution in [0, 0.1) is 19.8 Å². The highest BCUT2D eigenvalue weighted by Crippen LogP contribution is 2.25. The van der Waals surface area contributed by atoms with Crippen LogP contribution >= 0.6 is 11.3 Å². The average Bonchev–Trinajstić information content (AvgIpc) is 2.85. The van der Waals surface area contributed by atoms with Crippen LogP contribution < -0.4 is 5.32 Å². The molecule has 4 nitrogen and oxygen atoms in total. The maximum Gasteiger partial charge on any atom is 0.310 e. The molecule has 0 amide bonds. The zero-order chi connectivity index (χ0) is 16.1. The molecule has 1 N–H and O–H groups in total. The highest BCUT2D eigenvalue weighted by Gasteiger charge is 2.26. The van der Waals surface area contributed by atoms with E-state index < -0.39 is 0 Å². The summed E-state index contributed by atoms with van der Waals surface area (Å²) in [6, 6.07) is 9.91. The highest BCUT2D eigenvalue weighted by molar-refractivity contribution is 7.11. The molecule has 0 aliphatic rings. The number of nitrogens with zero attached hydrogens (tertiary/aromatic N) is 1. The minimum absolute atomic E-state index is 0.0875. The Hall–Kier alpha value is -1.72. The minimum Gasteiger partial charge on any atom is -0.469 e. The number of aryl methyl sites for hydroxylation is 2. The second kappa shape index (κ2) is 7.51. The Morgan fingerprint density at radius 2 is 2.00 bits per heavy atom. The molecule has 1 heterocycles. The van der Waals surface area contributed by atoms with Crippen molar-refractivity contribution in [3.63, 3.8) is 0 Å². The molecule has 0 radical (unpaired) electrons. The number of benzene rings is 1. The van der Waals surface area contributed by atoms with E-state index in [0.717, 1.165) is 16.3 Å². The van der Waals surface area contributed by atoms with Gasteiger partial charge in [-0.1, -0.05) is 37.3 Å². The number of methoxy groups -OCH3 is 1. The number of carbonyl (C=O) groups is 1. The summed E-state index contributed by atoms with van der Waals surface area (Å²) in [5.41, 5.74) is 2.13. The molecule has 0 saturated carbocycles. The number of ether oxygens (including phenoxy) is 1. The van der Waals surface area contributed by atoms with Gasteiger partial charge in [-0.2, -0.15) is 0 Å². The highest BCUT2D eigenvalue weighted by atomic mass is 32.1. The second-order valence-corrected chi connectivity index (χ2v) is 6.61. The number of thiazole rings is 1. The lowest BCUT2D eigenvalue weighted by Crippen LogP contribution is -2.31. The van der Waals surface area contributed by atoms with Gasteiger partial charge in [-0.3, -0.25) is 4.79 Å². The molecule has 0 aliphatic heterocycles. The molecule has 0 aliphatic carbocycles. The predicted octanol–water partition coefficient (Wildman–Crippen LogP) is 3.40. The largest absolute Gasteiger partial charge is 0.469 e. The molecule has 0 spiro atoms. The van der Waals surface area contributed by atoms with Crippen LogP contribution in [-0.4, -0.2) is 18.1 Å². The first-order chi connectivity index (χ1) is 10.5. The summed E-state index contributed by atoms with van der Waals surface area (Å²) in [7, 11) is 1.43. The molecule has 5 heteroatoms. The fraction of sp³-hybridized carbons (Fsp3) is 0.412. The van der Waals surface area contributed by atoms with Crippen LogP contribution in [0.3, 0.4) is 0 Å². The van der Waals surface area contributed by atoms with E-state index in [2.05, 4.69) is 10.3 Å². The SMILES string of the molecule is COC(=O)[C@H](C)[C@@H](NCc1sc(C)nc1C)c1ccccc1. The van der Waals surface area contributed by atoms with Crippen LogP contribution in [0.5, 0.6) is 0 Å². The van der Waals surface area contributed by atoms with Gasteiger partial charge in [-0.25, -0.2) is 4.98 Å². The molecular formula is C17H22N2O2S. The van der Waals surface area contributed by atoms with Crippen molar-refractivity contribution in [1.82, 2.24) is 10.3 Å². The Bertz CT molecular complexity index is 625. The maximum atomic E-state index is 11.9. The third-order valence-corrected chi connectivity index (χ3v) is 4.79. The second-order valence-electron chi connectivity index (χ2n) is 5.32. The van der Waals surface area contributed by atoms with Gasteiger partial charge in [0.15, 0.2) is 0 Å². The molecular weight excluding hydrogens is 296 g/mol. The Balaban J connectivity index is 2.18. The Morgan fingerprint density at radius 3 is 2.55 bits per heavy atom. The van der Waals surface area contributed by atoms with Crippen LogP contribution in [0.15, 0.2) is 30.3 Å². The van der Waals surface area contributed by atoms with Gasteiger partial charge in [0.25, 0.3) is 0 Å². The van der Waals surface area contributed by atoms with Crippen LogP contribution in [0.2, 0.25) is 0 Å². The molecule has 1 aromatic carbocycles. The lowest BCUT2D eigenvalue weighted by Gasteiger charge is -2.24. The lowest BCUT2D eigenvalue weighted by atomic mass is 9.94. The summed E-state index contributed by atoms with van der Waals surface area (Å²) in [4.78, 5) is 17.6. The van der Waals surface area contributed by atoms with Gasteiger partial charge in [0.05, 0.1) is 23.7 Å². The number of rotatable bonds is 6. The summed E-state index contributed by atoms with van der Waals surface area (Å²) in [6.07, 6.45) is 0. The molecule has 0 bridgehead atoms. The van der Waals surface area contributed by atoms with Gasteiger partial charge >= 0.3 is 5.97 Å². The van der Waals surface area contributed by atoms with E-state index in [0.29, 0.717) is 6.54 Å². The van der Waals surface area contributed by atoms with Crippen LogP contribution in [0.1, 0.15) is 34.1 Å². The van der Waals surface area contributed by atoms with E-state index in [1.54, 1.807) is 11.3 Å². The quantitative estimate of drug-likeness (QED) is 0.829. The Kier molecular flexibility index (Phi) is 5.69. The van der Waals surface area contributed by atoms with Gasteiger partial charge in [0, 0.05) is 17.5 Å². The van der Waals surface area contributed by atoms with Crippen molar-refractivity contribution in [2.45, 2.75) is 33.4 Å². The van der Waals surface area contributed by atoms with E-state index in [1.165, 1.54) is 12.0 Å². The number of hydrogen-bond acceptors (Lipinski definition) is 5. The number of esters is 1. The van der Waals surface area contributed by atoms with Crippen LogP contribution in [-0.2, 0) is 16.1 Å². The normalized spacial score (nSPS) is 13.6. The van der Waals surface area contributed by atoms with E-state index in [4.69, 9.17) is 4.74 Å². The molecule has 0 saturated heterocycles. The molecule has 0 fully saturated rings. The van der Waals surface area contributed by atoms with Crippen molar-refractivity contribution < 1.29 is 9.53 Å². The average molecular weight is 318 g/mol.